The molecule has 7 nitrogen and oxygen atoms in total. The summed E-state index contributed by atoms with van der Waals surface area (Å²) in [4.78, 5) is 26.5. The van der Waals surface area contributed by atoms with Crippen molar-refractivity contribution in [1.29, 1.82) is 0 Å². The second kappa shape index (κ2) is 11.2. The SMILES string of the molecule is O=c1[nH]c2cc(N=Cc3c([O-])ccc4ccccc34)c(N=Cc3c([O-])ccc4ccccc34)cc2[nH]1.[Ni][I]. The van der Waals surface area contributed by atoms with Crippen molar-refractivity contribution in [2.75, 3.05) is 0 Å². The second-order valence-electron chi connectivity index (χ2n) is 8.38. The molecule has 0 amide bonds. The molecular weight excluding hydrogens is 638 g/mol. The first-order valence-corrected chi connectivity index (χ1v) is 14.6. The molecule has 0 aliphatic rings. The van der Waals surface area contributed by atoms with E-state index in [2.05, 4.69) is 32.2 Å². The van der Waals surface area contributed by atoms with Crippen LogP contribution < -0.4 is 15.9 Å². The first kappa shape index (κ1) is 25.7. The molecule has 5 aromatic carbocycles. The topological polar surface area (TPSA) is 119 Å². The molecule has 0 aliphatic carbocycles. The van der Waals surface area contributed by atoms with Gasteiger partial charge in [0.15, 0.2) is 0 Å². The van der Waals surface area contributed by atoms with Gasteiger partial charge < -0.3 is 20.2 Å². The van der Waals surface area contributed by atoms with E-state index in [9.17, 15) is 15.0 Å². The molecule has 0 atom stereocenters. The van der Waals surface area contributed by atoms with Gasteiger partial charge in [-0.1, -0.05) is 84.3 Å². The second-order valence-corrected chi connectivity index (χ2v) is 8.38. The molecule has 6 aromatic rings. The summed E-state index contributed by atoms with van der Waals surface area (Å²) >= 11 is 5.62. The third-order valence-electron chi connectivity index (χ3n) is 6.14. The molecule has 0 aliphatic heterocycles. The van der Waals surface area contributed by atoms with Crippen molar-refractivity contribution in [2.24, 2.45) is 9.98 Å². The van der Waals surface area contributed by atoms with Crippen LogP contribution in [0.3, 0.4) is 0 Å². The van der Waals surface area contributed by atoms with Crippen LogP contribution in [-0.4, -0.2) is 22.4 Å². The zero-order valence-corrected chi connectivity index (χ0v) is 22.7. The Kier molecular flexibility index (Phi) is 7.58. The third-order valence-corrected chi connectivity index (χ3v) is 6.14. The Hall–Kier alpha value is -3.95. The van der Waals surface area contributed by atoms with Gasteiger partial charge in [-0.15, -0.1) is 0 Å². The predicted molar refractivity (Wildman–Crippen MR) is 154 cm³/mol. The summed E-state index contributed by atoms with van der Waals surface area (Å²) in [5.41, 5.74) is 2.56. The van der Waals surface area contributed by atoms with Gasteiger partial charge in [-0.3, -0.25) is 9.98 Å². The standard InChI is InChI=1S/C29H20N4O3.HI.Ni/c34-27-11-9-17-5-1-3-7-19(17)21(27)15-30-23-13-25-26(33-29(36)32-25)14-24(23)31-16-22-20-8-4-2-6-18(20)10-12-28(22)35;;/h1-16,34-35H,(H2,32,33,36);1H;/q;;+1/p-3. The molecule has 1 heterocycles. The number of nitrogens with zero attached hydrogens (tertiary/aromatic N) is 2. The van der Waals surface area contributed by atoms with E-state index >= 15 is 0 Å². The van der Waals surface area contributed by atoms with Gasteiger partial charge in [-0.05, 0) is 44.8 Å². The molecule has 0 unspecified atom stereocenters. The molecule has 2 N–H and O–H groups in total. The number of H-pyrrole nitrogens is 2. The molecule has 6 rings (SSSR count). The maximum atomic E-state index is 12.6. The van der Waals surface area contributed by atoms with Gasteiger partial charge in [0.2, 0.25) is 0 Å². The molecule has 191 valence electrons. The van der Waals surface area contributed by atoms with E-state index in [4.69, 9.17) is 0 Å². The fourth-order valence-electron chi connectivity index (χ4n) is 4.35. The first-order chi connectivity index (χ1) is 18.6. The van der Waals surface area contributed by atoms with E-state index in [-0.39, 0.29) is 17.2 Å². The van der Waals surface area contributed by atoms with Crippen LogP contribution in [0, 0.1) is 0 Å². The summed E-state index contributed by atoms with van der Waals surface area (Å²) in [7, 11) is 0. The van der Waals surface area contributed by atoms with E-state index in [0.29, 0.717) is 33.5 Å². The Balaban J connectivity index is 0.00000144. The number of nitrogens with one attached hydrogen (secondary N) is 2. The van der Waals surface area contributed by atoms with Crippen LogP contribution in [0.15, 0.2) is 99.7 Å². The summed E-state index contributed by atoms with van der Waals surface area (Å²) in [5.74, 6) is -0.296. The van der Waals surface area contributed by atoms with Crippen LogP contribution in [0.2, 0.25) is 0 Å². The summed E-state index contributed by atoms with van der Waals surface area (Å²) in [5, 5.41) is 28.7. The minimum absolute atomic E-state index is 0.148. The molecule has 0 spiro atoms. The van der Waals surface area contributed by atoms with Crippen molar-refractivity contribution >= 4 is 76.9 Å². The Bertz CT molecular complexity index is 1770. The Labute approximate surface area is 236 Å². The summed E-state index contributed by atoms with van der Waals surface area (Å²) in [6.45, 7) is 0. The minimum atomic E-state index is -0.354. The normalized spacial score (nSPS) is 11.6. The van der Waals surface area contributed by atoms with Crippen LogP contribution in [0.1, 0.15) is 11.1 Å². The first-order valence-electron chi connectivity index (χ1n) is 11.4. The number of halogens is 1. The van der Waals surface area contributed by atoms with Crippen molar-refractivity contribution in [2.45, 2.75) is 0 Å². The molecule has 0 bridgehead atoms. The Morgan fingerprint density at radius 1 is 0.658 bits per heavy atom. The van der Waals surface area contributed by atoms with Crippen molar-refractivity contribution < 1.29 is 22.5 Å². The summed E-state index contributed by atoms with van der Waals surface area (Å²) in [6, 6.07) is 25.2. The third kappa shape index (κ3) is 5.07. The van der Waals surface area contributed by atoms with E-state index in [1.54, 1.807) is 44.8 Å². The summed E-state index contributed by atoms with van der Waals surface area (Å²) in [6.07, 6.45) is 3.04. The number of rotatable bonds is 4. The van der Waals surface area contributed by atoms with E-state index < -0.39 is 0 Å². The van der Waals surface area contributed by atoms with Gasteiger partial charge in [-0.2, -0.15) is 0 Å². The molecule has 38 heavy (non-hydrogen) atoms. The zero-order chi connectivity index (χ0) is 26.6. The van der Waals surface area contributed by atoms with Gasteiger partial charge in [0.05, 0.1) is 22.4 Å². The van der Waals surface area contributed by atoms with Crippen LogP contribution in [0.4, 0.5) is 11.4 Å². The van der Waals surface area contributed by atoms with Crippen molar-refractivity contribution in [3.63, 3.8) is 0 Å². The van der Waals surface area contributed by atoms with E-state index in [0.717, 1.165) is 21.5 Å². The number of aromatic nitrogens is 2. The van der Waals surface area contributed by atoms with Crippen LogP contribution >= 0.6 is 20.5 Å². The van der Waals surface area contributed by atoms with Crippen LogP contribution in [0.25, 0.3) is 32.6 Å². The number of aliphatic imine (C=N–C) groups is 2. The molecule has 0 saturated carbocycles. The van der Waals surface area contributed by atoms with Crippen LogP contribution in [-0.2, 0) is 12.3 Å². The van der Waals surface area contributed by atoms with Gasteiger partial charge in [0, 0.05) is 12.4 Å². The quantitative estimate of drug-likeness (QED) is 0.144. The number of fused-ring (bicyclic) bond motifs is 3. The fourth-order valence-corrected chi connectivity index (χ4v) is 4.35. The molecule has 1 aromatic heterocycles. The Morgan fingerprint density at radius 3 is 1.53 bits per heavy atom. The Morgan fingerprint density at radius 2 is 1.08 bits per heavy atom. The van der Waals surface area contributed by atoms with E-state index in [1.807, 2.05) is 48.5 Å². The summed E-state index contributed by atoms with van der Waals surface area (Å²) < 4.78 is 0. The molecule has 0 saturated heterocycles. The fraction of sp³-hybridized carbons (Fsp3) is 0. The van der Waals surface area contributed by atoms with Crippen molar-refractivity contribution in [3.05, 3.63) is 107 Å². The monoisotopic (exact) mass is 655 g/mol. The average Bonchev–Trinajstić information content (AvgIpc) is 3.31. The van der Waals surface area contributed by atoms with Gasteiger partial charge in [0.25, 0.3) is 0 Å². The maximum absolute atomic E-state index is 12.6. The number of imidazole rings is 1. The zero-order valence-electron chi connectivity index (χ0n) is 19.6. The average molecular weight is 656 g/mol. The number of aromatic amines is 2. The molecule has 9 heteroatoms. The number of hydrogen-bond acceptors (Lipinski definition) is 5. The van der Waals surface area contributed by atoms with Gasteiger partial charge in [0.1, 0.15) is 0 Å². The molecule has 0 fully saturated rings. The van der Waals surface area contributed by atoms with Crippen molar-refractivity contribution in [3.8, 4) is 11.5 Å². The van der Waals surface area contributed by atoms with Crippen LogP contribution in [0.5, 0.6) is 11.5 Å². The predicted octanol–water partition coefficient (Wildman–Crippen LogP) is 5.69. The van der Waals surface area contributed by atoms with Gasteiger partial charge in [-0.25, -0.2) is 4.79 Å². The van der Waals surface area contributed by atoms with Crippen molar-refractivity contribution in [1.82, 2.24) is 9.97 Å². The van der Waals surface area contributed by atoms with E-state index in [1.165, 1.54) is 24.6 Å². The van der Waals surface area contributed by atoms with Gasteiger partial charge >= 0.3 is 38.5 Å². The number of benzene rings is 5. The molecule has 0 radical (unpaired) electrons. The number of hydrogen-bond donors (Lipinski definition) is 2. The molecular formula is C29H18IN4NiO3-2.